The second-order valence-corrected chi connectivity index (χ2v) is 11.2. The van der Waals surface area contributed by atoms with Crippen molar-refractivity contribution in [3.05, 3.63) is 156 Å². The first-order valence-corrected chi connectivity index (χ1v) is 13.5. The van der Waals surface area contributed by atoms with Crippen molar-refractivity contribution in [2.24, 2.45) is 23.7 Å². The lowest BCUT2D eigenvalue weighted by Gasteiger charge is -2.45. The molecule has 1 nitrogen and oxygen atoms in total. The Balaban J connectivity index is 1.60. The molecule has 4 aliphatic rings. The van der Waals surface area contributed by atoms with Gasteiger partial charge in [-0.2, -0.15) is 0 Å². The van der Waals surface area contributed by atoms with Gasteiger partial charge in [0.05, 0.1) is 10.8 Å². The maximum Gasteiger partial charge on any atom is 0.163 e. The van der Waals surface area contributed by atoms with E-state index in [-0.39, 0.29) is 11.8 Å². The standard InChI is InChI=1S/C36H28O/c37-34-35(28-17-9-3-10-18-28)30(24-13-5-1-6-14-24)31(25-15-7-2-8-16-25)36(34,29-19-11-4-12-20-29)33-27-22-21-26(23-27)32(33)35/h1-22,26-27,32-33H,23H2/t26-,27+,32+,33-,35+,36-. The van der Waals surface area contributed by atoms with E-state index in [9.17, 15) is 0 Å². The highest BCUT2D eigenvalue weighted by Gasteiger charge is 2.80. The largest absolute Gasteiger partial charge is 0.297 e. The van der Waals surface area contributed by atoms with Crippen LogP contribution in [0.15, 0.2) is 133 Å². The van der Waals surface area contributed by atoms with Crippen molar-refractivity contribution in [2.75, 3.05) is 0 Å². The highest BCUT2D eigenvalue weighted by Crippen LogP contribution is 2.78. The van der Waals surface area contributed by atoms with E-state index in [2.05, 4.69) is 133 Å². The Labute approximate surface area is 218 Å². The molecule has 0 heterocycles. The monoisotopic (exact) mass is 476 g/mol. The average molecular weight is 477 g/mol. The van der Waals surface area contributed by atoms with E-state index in [1.165, 1.54) is 22.3 Å². The Kier molecular flexibility index (Phi) is 4.30. The highest BCUT2D eigenvalue weighted by atomic mass is 16.1. The zero-order valence-corrected chi connectivity index (χ0v) is 20.6. The van der Waals surface area contributed by atoms with Gasteiger partial charge in [0.15, 0.2) is 5.78 Å². The van der Waals surface area contributed by atoms with Gasteiger partial charge in [0, 0.05) is 0 Å². The quantitative estimate of drug-likeness (QED) is 0.220. The van der Waals surface area contributed by atoms with Crippen molar-refractivity contribution in [1.82, 2.24) is 0 Å². The number of benzene rings is 4. The van der Waals surface area contributed by atoms with Gasteiger partial charge in [0.2, 0.25) is 0 Å². The second-order valence-electron chi connectivity index (χ2n) is 11.2. The molecule has 4 aliphatic carbocycles. The molecule has 2 saturated carbocycles. The summed E-state index contributed by atoms with van der Waals surface area (Å²) in [7, 11) is 0. The number of carbonyl (C=O) groups is 1. The minimum Gasteiger partial charge on any atom is -0.297 e. The molecule has 178 valence electrons. The molecule has 0 aromatic heterocycles. The Morgan fingerprint density at radius 1 is 0.486 bits per heavy atom. The second kappa shape index (κ2) is 7.52. The fraction of sp³-hybridized carbons (Fsp3) is 0.194. The van der Waals surface area contributed by atoms with E-state index in [1.807, 2.05) is 0 Å². The van der Waals surface area contributed by atoms with Gasteiger partial charge in [-0.25, -0.2) is 0 Å². The van der Waals surface area contributed by atoms with Gasteiger partial charge in [0.1, 0.15) is 0 Å². The summed E-state index contributed by atoms with van der Waals surface area (Å²) in [6, 6.07) is 42.9. The molecule has 2 fully saturated rings. The Bertz CT molecular complexity index is 1450. The Morgan fingerprint density at radius 3 is 1.22 bits per heavy atom. The van der Waals surface area contributed by atoms with Crippen LogP contribution in [0.4, 0.5) is 0 Å². The lowest BCUT2D eigenvalue weighted by Crippen LogP contribution is -2.42. The van der Waals surface area contributed by atoms with Gasteiger partial charge in [-0.15, -0.1) is 0 Å². The topological polar surface area (TPSA) is 17.1 Å². The summed E-state index contributed by atoms with van der Waals surface area (Å²) < 4.78 is 0. The van der Waals surface area contributed by atoms with Crippen molar-refractivity contribution in [3.63, 3.8) is 0 Å². The minimum absolute atomic E-state index is 0.250. The number of rotatable bonds is 4. The molecular formula is C36H28O. The number of hydrogen-bond donors (Lipinski definition) is 0. The molecule has 1 heteroatoms. The van der Waals surface area contributed by atoms with Crippen LogP contribution in [0.1, 0.15) is 28.7 Å². The number of ketones is 1. The summed E-state index contributed by atoms with van der Waals surface area (Å²) >= 11 is 0. The molecule has 0 aliphatic heterocycles. The maximum atomic E-state index is 15.6. The summed E-state index contributed by atoms with van der Waals surface area (Å²) in [5.74, 6) is 1.71. The van der Waals surface area contributed by atoms with Crippen LogP contribution in [-0.4, -0.2) is 5.78 Å². The van der Waals surface area contributed by atoms with Crippen LogP contribution >= 0.6 is 0 Å². The molecule has 0 amide bonds. The van der Waals surface area contributed by atoms with Crippen molar-refractivity contribution in [1.29, 1.82) is 0 Å². The molecule has 4 bridgehead atoms. The van der Waals surface area contributed by atoms with Crippen LogP contribution in [0.5, 0.6) is 0 Å². The smallest absolute Gasteiger partial charge is 0.163 e. The van der Waals surface area contributed by atoms with Crippen molar-refractivity contribution >= 4 is 16.9 Å². The van der Waals surface area contributed by atoms with Gasteiger partial charge in [-0.05, 0) is 63.5 Å². The molecule has 0 saturated heterocycles. The summed E-state index contributed by atoms with van der Waals surface area (Å²) in [4.78, 5) is 15.6. The Hall–Kier alpha value is -3.97. The molecular weight excluding hydrogens is 448 g/mol. The van der Waals surface area contributed by atoms with Crippen LogP contribution in [-0.2, 0) is 15.6 Å². The molecule has 37 heavy (non-hydrogen) atoms. The minimum atomic E-state index is -0.682. The summed E-state index contributed by atoms with van der Waals surface area (Å²) in [6.07, 6.45) is 6.00. The van der Waals surface area contributed by atoms with Gasteiger partial charge in [-0.1, -0.05) is 133 Å². The molecule has 0 unspecified atom stereocenters. The molecule has 4 aromatic rings. The Morgan fingerprint density at radius 2 is 0.838 bits per heavy atom. The molecule has 6 atom stereocenters. The number of allylic oxidation sites excluding steroid dienone is 4. The molecule has 4 aromatic carbocycles. The van der Waals surface area contributed by atoms with Crippen molar-refractivity contribution in [3.8, 4) is 0 Å². The fourth-order valence-corrected chi connectivity index (χ4v) is 8.86. The zero-order chi connectivity index (χ0) is 24.6. The van der Waals surface area contributed by atoms with Gasteiger partial charge in [-0.3, -0.25) is 4.79 Å². The van der Waals surface area contributed by atoms with Crippen molar-refractivity contribution in [2.45, 2.75) is 17.3 Å². The number of carbonyl (C=O) groups excluding carboxylic acids is 1. The van der Waals surface area contributed by atoms with E-state index < -0.39 is 10.8 Å². The first-order valence-electron chi connectivity index (χ1n) is 13.5. The number of Topliss-reactive ketones (excluding diaryl/α,β-unsaturated/α-hetero) is 1. The maximum absolute atomic E-state index is 15.6. The average Bonchev–Trinajstić information content (AvgIpc) is 3.71. The van der Waals surface area contributed by atoms with E-state index in [4.69, 9.17) is 0 Å². The van der Waals surface area contributed by atoms with E-state index >= 15 is 4.79 Å². The first kappa shape index (κ1) is 21.1. The predicted molar refractivity (Wildman–Crippen MR) is 149 cm³/mol. The number of fused-ring (bicyclic) bond motifs is 9. The predicted octanol–water partition coefficient (Wildman–Crippen LogP) is 7.51. The first-order chi connectivity index (χ1) is 18.3. The normalized spacial score (nSPS) is 32.8. The van der Waals surface area contributed by atoms with E-state index in [0.29, 0.717) is 17.6 Å². The van der Waals surface area contributed by atoms with Crippen LogP contribution in [0.25, 0.3) is 11.1 Å². The summed E-state index contributed by atoms with van der Waals surface area (Å²) in [6.45, 7) is 0. The molecule has 0 radical (unpaired) electrons. The van der Waals surface area contributed by atoms with Crippen LogP contribution in [0.2, 0.25) is 0 Å². The summed E-state index contributed by atoms with van der Waals surface area (Å²) in [5.41, 5.74) is 5.72. The van der Waals surface area contributed by atoms with Gasteiger partial charge < -0.3 is 0 Å². The van der Waals surface area contributed by atoms with Crippen LogP contribution in [0, 0.1) is 23.7 Å². The lowest BCUT2D eigenvalue weighted by atomic mass is 9.55. The zero-order valence-electron chi connectivity index (χ0n) is 20.6. The van der Waals surface area contributed by atoms with Gasteiger partial charge >= 0.3 is 0 Å². The van der Waals surface area contributed by atoms with Crippen LogP contribution in [0.3, 0.4) is 0 Å². The van der Waals surface area contributed by atoms with Gasteiger partial charge in [0.25, 0.3) is 0 Å². The van der Waals surface area contributed by atoms with Crippen molar-refractivity contribution < 1.29 is 4.79 Å². The molecule has 8 rings (SSSR count). The molecule has 0 N–H and O–H groups in total. The lowest BCUT2D eigenvalue weighted by molar-refractivity contribution is -0.123. The third-order valence-corrected chi connectivity index (χ3v) is 9.80. The van der Waals surface area contributed by atoms with E-state index in [1.54, 1.807) is 0 Å². The van der Waals surface area contributed by atoms with Crippen LogP contribution < -0.4 is 0 Å². The third kappa shape index (κ3) is 2.43. The highest BCUT2D eigenvalue weighted by molar-refractivity contribution is 6.30. The number of hydrogen-bond acceptors (Lipinski definition) is 1. The fourth-order valence-electron chi connectivity index (χ4n) is 8.86. The van der Waals surface area contributed by atoms with E-state index in [0.717, 1.165) is 17.5 Å². The third-order valence-electron chi connectivity index (χ3n) is 9.80. The molecule has 0 spiro atoms. The summed E-state index contributed by atoms with van der Waals surface area (Å²) in [5, 5.41) is 0. The SMILES string of the molecule is O=C1[C@@]2(c3ccccc3)C(c3ccccc3)=C(c3ccccc3)[C@]1(c1ccccc1)[C@H]1[C@@H]2[C@@H]2C=C[C@H]1C2.